The molecular formula is C23H31N5O2. The Bertz CT molecular complexity index is 966. The van der Waals surface area contributed by atoms with E-state index in [1.54, 1.807) is 0 Å². The molecule has 30 heavy (non-hydrogen) atoms. The van der Waals surface area contributed by atoms with Crippen LogP contribution in [0.25, 0.3) is 11.0 Å². The summed E-state index contributed by atoms with van der Waals surface area (Å²) >= 11 is 0. The molecule has 0 bridgehead atoms. The van der Waals surface area contributed by atoms with E-state index in [-0.39, 0.29) is 11.8 Å². The molecule has 2 unspecified atom stereocenters. The van der Waals surface area contributed by atoms with Gasteiger partial charge in [0.25, 0.3) is 0 Å². The summed E-state index contributed by atoms with van der Waals surface area (Å²) in [7, 11) is 0. The summed E-state index contributed by atoms with van der Waals surface area (Å²) in [4.78, 5) is 34.2. The van der Waals surface area contributed by atoms with Gasteiger partial charge in [-0.2, -0.15) is 0 Å². The monoisotopic (exact) mass is 409 g/mol. The standard InChI is InChI=1S/C23H31N5O2/c1-2-22(29)24-17-8-9-20-18(12-17)25-21-14-27(23(30)15-28(20)21)13-16-6-5-11-26-10-4-3-7-19(16)26/h8-9,12,16,19H,2-7,10-11,13-15H2,1H3,(H,24,29). The van der Waals surface area contributed by atoms with Crippen molar-refractivity contribution in [2.75, 3.05) is 25.0 Å². The van der Waals surface area contributed by atoms with E-state index in [0.29, 0.717) is 31.5 Å². The van der Waals surface area contributed by atoms with Crippen LogP contribution < -0.4 is 5.32 Å². The number of hydrogen-bond acceptors (Lipinski definition) is 4. The van der Waals surface area contributed by atoms with E-state index >= 15 is 0 Å². The molecule has 5 rings (SSSR count). The van der Waals surface area contributed by atoms with Gasteiger partial charge in [0.05, 0.1) is 17.6 Å². The van der Waals surface area contributed by atoms with Gasteiger partial charge in [-0.05, 0) is 62.9 Å². The molecule has 4 heterocycles. The number of nitrogens with zero attached hydrogens (tertiary/aromatic N) is 4. The molecule has 2 saturated heterocycles. The highest BCUT2D eigenvalue weighted by atomic mass is 16.2. The van der Waals surface area contributed by atoms with Gasteiger partial charge in [0.2, 0.25) is 11.8 Å². The van der Waals surface area contributed by atoms with Crippen molar-refractivity contribution < 1.29 is 9.59 Å². The molecule has 2 amide bonds. The number of carbonyl (C=O) groups is 2. The van der Waals surface area contributed by atoms with Crippen LogP contribution >= 0.6 is 0 Å². The minimum absolute atomic E-state index is 0.0103. The fourth-order valence-corrected chi connectivity index (χ4v) is 5.54. The molecule has 7 nitrogen and oxygen atoms in total. The normalized spacial score (nSPS) is 24.6. The van der Waals surface area contributed by atoms with Crippen molar-refractivity contribution in [1.29, 1.82) is 0 Å². The molecule has 7 heteroatoms. The lowest BCUT2D eigenvalue weighted by Gasteiger charge is -2.46. The first-order valence-corrected chi connectivity index (χ1v) is 11.4. The molecule has 1 aromatic carbocycles. The maximum Gasteiger partial charge on any atom is 0.242 e. The number of aromatic nitrogens is 2. The maximum atomic E-state index is 13.0. The van der Waals surface area contributed by atoms with E-state index in [4.69, 9.17) is 4.98 Å². The Morgan fingerprint density at radius 1 is 1.17 bits per heavy atom. The third kappa shape index (κ3) is 3.60. The molecule has 0 saturated carbocycles. The van der Waals surface area contributed by atoms with Crippen LogP contribution in [0, 0.1) is 5.92 Å². The zero-order valence-electron chi connectivity index (χ0n) is 17.8. The van der Waals surface area contributed by atoms with E-state index in [9.17, 15) is 9.59 Å². The number of fused-ring (bicyclic) bond motifs is 4. The molecule has 2 atom stereocenters. The van der Waals surface area contributed by atoms with Gasteiger partial charge in [-0.25, -0.2) is 4.98 Å². The summed E-state index contributed by atoms with van der Waals surface area (Å²) in [5.41, 5.74) is 2.56. The predicted molar refractivity (Wildman–Crippen MR) is 116 cm³/mol. The minimum atomic E-state index is -0.0103. The van der Waals surface area contributed by atoms with Gasteiger partial charge >= 0.3 is 0 Å². The maximum absolute atomic E-state index is 13.0. The van der Waals surface area contributed by atoms with Crippen molar-refractivity contribution in [3.63, 3.8) is 0 Å². The highest BCUT2D eigenvalue weighted by Gasteiger charge is 2.36. The predicted octanol–water partition coefficient (Wildman–Crippen LogP) is 2.99. The van der Waals surface area contributed by atoms with E-state index < -0.39 is 0 Å². The first kappa shape index (κ1) is 19.5. The lowest BCUT2D eigenvalue weighted by molar-refractivity contribution is -0.135. The summed E-state index contributed by atoms with van der Waals surface area (Å²) in [6, 6.07) is 6.40. The summed E-state index contributed by atoms with van der Waals surface area (Å²) in [6.07, 6.45) is 6.82. The Morgan fingerprint density at radius 2 is 2.03 bits per heavy atom. The van der Waals surface area contributed by atoms with Crippen LogP contribution in [-0.4, -0.2) is 56.8 Å². The van der Waals surface area contributed by atoms with E-state index in [1.165, 1.54) is 45.2 Å². The number of nitrogens with one attached hydrogen (secondary N) is 1. The van der Waals surface area contributed by atoms with Crippen LogP contribution in [-0.2, 0) is 22.7 Å². The van der Waals surface area contributed by atoms with Crippen molar-refractivity contribution in [2.45, 2.75) is 64.6 Å². The molecule has 1 N–H and O–H groups in total. The highest BCUT2D eigenvalue weighted by molar-refractivity contribution is 5.93. The fourth-order valence-electron chi connectivity index (χ4n) is 5.54. The molecule has 1 aromatic heterocycles. The number of carbonyl (C=O) groups excluding carboxylic acids is 2. The summed E-state index contributed by atoms with van der Waals surface area (Å²) in [6.45, 7) is 6.06. The summed E-state index contributed by atoms with van der Waals surface area (Å²) < 4.78 is 2.04. The molecule has 2 fully saturated rings. The molecular weight excluding hydrogens is 378 g/mol. The highest BCUT2D eigenvalue weighted by Crippen LogP contribution is 2.32. The number of hydrogen-bond donors (Lipinski definition) is 1. The van der Waals surface area contributed by atoms with E-state index in [1.807, 2.05) is 34.6 Å². The molecule has 0 aliphatic carbocycles. The SMILES string of the molecule is CCC(=O)Nc1ccc2c(c1)nc1n2CC(=O)N(CC2CCCN3CCCCC23)C1. The lowest BCUT2D eigenvalue weighted by Crippen LogP contribution is -2.52. The largest absolute Gasteiger partial charge is 0.333 e. The number of anilines is 1. The Morgan fingerprint density at radius 3 is 2.90 bits per heavy atom. The second-order valence-corrected chi connectivity index (χ2v) is 9.00. The third-order valence-corrected chi connectivity index (χ3v) is 7.09. The fraction of sp³-hybridized carbons (Fsp3) is 0.609. The van der Waals surface area contributed by atoms with E-state index in [2.05, 4.69) is 10.2 Å². The van der Waals surface area contributed by atoms with Crippen molar-refractivity contribution in [3.8, 4) is 0 Å². The van der Waals surface area contributed by atoms with E-state index in [0.717, 1.165) is 29.1 Å². The molecule has 0 spiro atoms. The summed E-state index contributed by atoms with van der Waals surface area (Å²) in [5, 5.41) is 2.89. The molecule has 2 aromatic rings. The number of benzene rings is 1. The summed E-state index contributed by atoms with van der Waals surface area (Å²) in [5.74, 6) is 1.71. The van der Waals surface area contributed by atoms with Crippen molar-refractivity contribution in [1.82, 2.24) is 19.4 Å². The first-order valence-electron chi connectivity index (χ1n) is 11.4. The van der Waals surface area contributed by atoms with Gasteiger partial charge < -0.3 is 19.7 Å². The number of imidazole rings is 1. The van der Waals surface area contributed by atoms with Crippen LogP contribution in [0.2, 0.25) is 0 Å². The molecule has 3 aliphatic heterocycles. The van der Waals surface area contributed by atoms with Gasteiger partial charge in [0.1, 0.15) is 12.4 Å². The van der Waals surface area contributed by atoms with Crippen LogP contribution in [0.5, 0.6) is 0 Å². The van der Waals surface area contributed by atoms with Gasteiger partial charge in [-0.3, -0.25) is 9.59 Å². The number of piperidine rings is 2. The number of amides is 2. The van der Waals surface area contributed by atoms with Crippen LogP contribution in [0.4, 0.5) is 5.69 Å². The van der Waals surface area contributed by atoms with Crippen LogP contribution in [0.1, 0.15) is 51.3 Å². The smallest absolute Gasteiger partial charge is 0.242 e. The van der Waals surface area contributed by atoms with Crippen molar-refractivity contribution in [2.24, 2.45) is 5.92 Å². The van der Waals surface area contributed by atoms with Crippen LogP contribution in [0.3, 0.4) is 0 Å². The average Bonchev–Trinajstić information content (AvgIpc) is 3.10. The quantitative estimate of drug-likeness (QED) is 0.843. The molecule has 160 valence electrons. The van der Waals surface area contributed by atoms with Gasteiger partial charge in [0.15, 0.2) is 0 Å². The second-order valence-electron chi connectivity index (χ2n) is 9.00. The molecule has 0 radical (unpaired) electrons. The molecule has 3 aliphatic rings. The third-order valence-electron chi connectivity index (χ3n) is 7.09. The van der Waals surface area contributed by atoms with Gasteiger partial charge in [0, 0.05) is 24.7 Å². The van der Waals surface area contributed by atoms with Gasteiger partial charge in [-0.1, -0.05) is 13.3 Å². The van der Waals surface area contributed by atoms with Crippen LogP contribution in [0.15, 0.2) is 18.2 Å². The zero-order valence-corrected chi connectivity index (χ0v) is 17.8. The Labute approximate surface area is 177 Å². The lowest BCUT2D eigenvalue weighted by atomic mass is 9.83. The number of rotatable bonds is 4. The second kappa shape index (κ2) is 8.02. The van der Waals surface area contributed by atoms with Crippen molar-refractivity contribution >= 4 is 28.5 Å². The zero-order chi connectivity index (χ0) is 20.7. The Kier molecular flexibility index (Phi) is 5.23. The Hall–Kier alpha value is -2.41. The van der Waals surface area contributed by atoms with Gasteiger partial charge in [-0.15, -0.1) is 0 Å². The topological polar surface area (TPSA) is 70.5 Å². The minimum Gasteiger partial charge on any atom is -0.333 e. The first-order chi connectivity index (χ1) is 14.6. The Balaban J connectivity index is 1.34. The van der Waals surface area contributed by atoms with Crippen molar-refractivity contribution in [3.05, 3.63) is 24.0 Å². The average molecular weight is 410 g/mol.